The highest BCUT2D eigenvalue weighted by Crippen LogP contribution is 2.18. The van der Waals surface area contributed by atoms with Gasteiger partial charge in [0.25, 0.3) is 0 Å². The van der Waals surface area contributed by atoms with E-state index in [-0.39, 0.29) is 5.91 Å². The summed E-state index contributed by atoms with van der Waals surface area (Å²) in [6.07, 6.45) is 0.441. The van der Waals surface area contributed by atoms with Gasteiger partial charge in [-0.1, -0.05) is 41.9 Å². The van der Waals surface area contributed by atoms with Crippen molar-refractivity contribution in [2.24, 2.45) is 0 Å². The van der Waals surface area contributed by atoms with Gasteiger partial charge in [0.05, 0.1) is 13.0 Å². The summed E-state index contributed by atoms with van der Waals surface area (Å²) in [5.74, 6) is 1.03. The minimum atomic E-state index is 0.187. The monoisotopic (exact) mass is 372 g/mol. The molecule has 4 nitrogen and oxygen atoms in total. The summed E-state index contributed by atoms with van der Waals surface area (Å²) in [6, 6.07) is 15.7. The number of halogens is 1. The second-order valence-electron chi connectivity index (χ2n) is 6.50. The van der Waals surface area contributed by atoms with Crippen molar-refractivity contribution in [3.8, 4) is 5.75 Å². The van der Waals surface area contributed by atoms with Crippen LogP contribution in [0.25, 0.3) is 0 Å². The molecule has 0 bridgehead atoms. The molecule has 0 unspecified atom stereocenters. The summed E-state index contributed by atoms with van der Waals surface area (Å²) < 4.78 is 5.44. The molecule has 1 aliphatic rings. The summed E-state index contributed by atoms with van der Waals surface area (Å²) in [5.41, 5.74) is 2.17. The third-order valence-corrected chi connectivity index (χ3v) is 5.04. The van der Waals surface area contributed by atoms with Crippen LogP contribution in [0.2, 0.25) is 5.02 Å². The van der Waals surface area contributed by atoms with Crippen LogP contribution in [0, 0.1) is 0 Å². The third kappa shape index (κ3) is 4.99. The Morgan fingerprint density at radius 3 is 2.38 bits per heavy atom. The Balaban J connectivity index is 1.48. The van der Waals surface area contributed by atoms with E-state index in [0.717, 1.165) is 54.6 Å². The highest BCUT2D eigenvalue weighted by atomic mass is 35.5. The van der Waals surface area contributed by atoms with Crippen molar-refractivity contribution in [1.29, 1.82) is 0 Å². The predicted molar refractivity (Wildman–Crippen MR) is 105 cm³/mol. The van der Waals surface area contributed by atoms with Crippen LogP contribution in [-0.4, -0.2) is 48.5 Å². The van der Waals surface area contributed by atoms with Crippen LogP contribution in [0.3, 0.4) is 0 Å². The number of piperazine rings is 1. The number of hydrogen-bond acceptors (Lipinski definition) is 3. The maximum atomic E-state index is 12.6. The second-order valence-corrected chi connectivity index (χ2v) is 6.91. The molecule has 1 fully saturated rings. The number of carbonyl (C=O) groups excluding carboxylic acids is 1. The normalized spacial score (nSPS) is 15.1. The van der Waals surface area contributed by atoms with Gasteiger partial charge in [-0.05, 0) is 36.2 Å². The van der Waals surface area contributed by atoms with E-state index in [1.807, 2.05) is 54.3 Å². The fraction of sp³-hybridized carbons (Fsp3) is 0.381. The lowest BCUT2D eigenvalue weighted by molar-refractivity contribution is -0.132. The number of hydrogen-bond donors (Lipinski definition) is 0. The zero-order chi connectivity index (χ0) is 18.4. The number of benzene rings is 2. The Morgan fingerprint density at radius 2 is 1.73 bits per heavy atom. The molecule has 0 spiro atoms. The zero-order valence-corrected chi connectivity index (χ0v) is 15.9. The fourth-order valence-electron chi connectivity index (χ4n) is 3.18. The quantitative estimate of drug-likeness (QED) is 0.776. The molecule has 2 aromatic carbocycles. The molecule has 2 aromatic rings. The molecular weight excluding hydrogens is 348 g/mol. The Hall–Kier alpha value is -2.04. The van der Waals surface area contributed by atoms with Gasteiger partial charge in [-0.3, -0.25) is 9.69 Å². The van der Waals surface area contributed by atoms with Crippen LogP contribution in [0.5, 0.6) is 5.75 Å². The molecule has 138 valence electrons. The summed E-state index contributed by atoms with van der Waals surface area (Å²) in [4.78, 5) is 16.9. The molecule has 0 N–H and O–H groups in total. The molecule has 0 aliphatic carbocycles. The van der Waals surface area contributed by atoms with Crippen molar-refractivity contribution in [2.75, 3.05) is 32.8 Å². The van der Waals surface area contributed by atoms with Gasteiger partial charge >= 0.3 is 0 Å². The van der Waals surface area contributed by atoms with Gasteiger partial charge in [0.2, 0.25) is 5.91 Å². The van der Waals surface area contributed by atoms with Crippen LogP contribution in [-0.2, 0) is 17.8 Å². The smallest absolute Gasteiger partial charge is 0.227 e. The first-order valence-electron chi connectivity index (χ1n) is 9.11. The SMILES string of the molecule is CCOc1ccc(CC(=O)N2CCN(Cc3ccccc3Cl)CC2)cc1. The zero-order valence-electron chi connectivity index (χ0n) is 15.2. The van der Waals surface area contributed by atoms with E-state index >= 15 is 0 Å². The number of nitrogens with zero attached hydrogens (tertiary/aromatic N) is 2. The summed E-state index contributed by atoms with van der Waals surface area (Å²) in [5, 5.41) is 0.807. The van der Waals surface area contributed by atoms with Gasteiger partial charge in [-0.2, -0.15) is 0 Å². The van der Waals surface area contributed by atoms with E-state index in [4.69, 9.17) is 16.3 Å². The molecule has 0 saturated carbocycles. The molecular formula is C21H25ClN2O2. The van der Waals surface area contributed by atoms with Gasteiger partial charge in [0.15, 0.2) is 0 Å². The van der Waals surface area contributed by atoms with E-state index in [1.54, 1.807) is 0 Å². The molecule has 0 atom stereocenters. The van der Waals surface area contributed by atoms with E-state index in [1.165, 1.54) is 0 Å². The molecule has 1 heterocycles. The predicted octanol–water partition coefficient (Wildman–Crippen LogP) is 3.63. The van der Waals surface area contributed by atoms with Crippen molar-refractivity contribution in [2.45, 2.75) is 19.9 Å². The Morgan fingerprint density at radius 1 is 1.04 bits per heavy atom. The lowest BCUT2D eigenvalue weighted by atomic mass is 10.1. The number of amides is 1. The maximum Gasteiger partial charge on any atom is 0.227 e. The number of ether oxygens (including phenoxy) is 1. The van der Waals surface area contributed by atoms with Crippen molar-refractivity contribution in [3.05, 3.63) is 64.7 Å². The summed E-state index contributed by atoms with van der Waals surface area (Å²) in [7, 11) is 0. The van der Waals surface area contributed by atoms with Crippen molar-refractivity contribution < 1.29 is 9.53 Å². The minimum absolute atomic E-state index is 0.187. The maximum absolute atomic E-state index is 12.6. The van der Waals surface area contributed by atoms with Crippen molar-refractivity contribution in [3.63, 3.8) is 0 Å². The van der Waals surface area contributed by atoms with Crippen LogP contribution < -0.4 is 4.74 Å². The standard InChI is InChI=1S/C21H25ClN2O2/c1-2-26-19-9-7-17(8-10-19)15-21(25)24-13-11-23(12-14-24)16-18-5-3-4-6-20(18)22/h3-10H,2,11-16H2,1H3. The third-order valence-electron chi connectivity index (χ3n) is 4.67. The van der Waals surface area contributed by atoms with Crippen molar-refractivity contribution in [1.82, 2.24) is 9.80 Å². The Labute approximate surface area is 160 Å². The first-order chi connectivity index (χ1) is 12.7. The van der Waals surface area contributed by atoms with Gasteiger partial charge in [-0.15, -0.1) is 0 Å². The highest BCUT2D eigenvalue weighted by Gasteiger charge is 2.21. The second kappa shape index (κ2) is 9.06. The largest absolute Gasteiger partial charge is 0.494 e. The summed E-state index contributed by atoms with van der Waals surface area (Å²) >= 11 is 6.24. The van der Waals surface area contributed by atoms with Gasteiger partial charge in [0.1, 0.15) is 5.75 Å². The molecule has 3 rings (SSSR count). The molecule has 5 heteroatoms. The average molecular weight is 373 g/mol. The van der Waals surface area contributed by atoms with Crippen molar-refractivity contribution >= 4 is 17.5 Å². The van der Waals surface area contributed by atoms with E-state index < -0.39 is 0 Å². The number of carbonyl (C=O) groups is 1. The van der Waals surface area contributed by atoms with E-state index in [2.05, 4.69) is 11.0 Å². The van der Waals surface area contributed by atoms with Crippen LogP contribution in [0.4, 0.5) is 0 Å². The Bertz CT molecular complexity index is 725. The molecule has 1 saturated heterocycles. The lowest BCUT2D eigenvalue weighted by Gasteiger charge is -2.35. The highest BCUT2D eigenvalue weighted by molar-refractivity contribution is 6.31. The molecule has 1 aliphatic heterocycles. The molecule has 0 radical (unpaired) electrons. The lowest BCUT2D eigenvalue weighted by Crippen LogP contribution is -2.48. The molecule has 26 heavy (non-hydrogen) atoms. The molecule has 1 amide bonds. The van der Waals surface area contributed by atoms with Crippen LogP contribution >= 0.6 is 11.6 Å². The van der Waals surface area contributed by atoms with Gasteiger partial charge in [0, 0.05) is 37.7 Å². The van der Waals surface area contributed by atoms with Crippen LogP contribution in [0.15, 0.2) is 48.5 Å². The van der Waals surface area contributed by atoms with E-state index in [0.29, 0.717) is 13.0 Å². The fourth-order valence-corrected chi connectivity index (χ4v) is 3.38. The molecule has 0 aromatic heterocycles. The van der Waals surface area contributed by atoms with Gasteiger partial charge < -0.3 is 9.64 Å². The van der Waals surface area contributed by atoms with Gasteiger partial charge in [-0.25, -0.2) is 0 Å². The average Bonchev–Trinajstić information content (AvgIpc) is 2.66. The minimum Gasteiger partial charge on any atom is -0.494 e. The number of rotatable bonds is 6. The van der Waals surface area contributed by atoms with Crippen LogP contribution in [0.1, 0.15) is 18.1 Å². The summed E-state index contributed by atoms with van der Waals surface area (Å²) in [6.45, 7) is 6.72. The Kier molecular flexibility index (Phi) is 6.53. The topological polar surface area (TPSA) is 32.8 Å². The first-order valence-corrected chi connectivity index (χ1v) is 9.49. The first kappa shape index (κ1) is 18.7. The van der Waals surface area contributed by atoms with E-state index in [9.17, 15) is 4.79 Å².